The smallest absolute Gasteiger partial charge is 0.306 e. The van der Waals surface area contributed by atoms with E-state index in [1.807, 2.05) is 4.90 Å². The highest BCUT2D eigenvalue weighted by atomic mass is 32.1. The molecule has 0 unspecified atom stereocenters. The number of hydrogen-bond acceptors (Lipinski definition) is 6. The Bertz CT molecular complexity index is 535. The summed E-state index contributed by atoms with van der Waals surface area (Å²) in [5.41, 5.74) is 0.642. The van der Waals surface area contributed by atoms with Crippen LogP contribution in [-0.2, 0) is 4.79 Å². The van der Waals surface area contributed by atoms with E-state index in [4.69, 9.17) is 10.2 Å². The molecule has 1 saturated heterocycles. The summed E-state index contributed by atoms with van der Waals surface area (Å²) in [6.07, 6.45) is 0.942. The van der Waals surface area contributed by atoms with E-state index in [0.717, 1.165) is 6.07 Å². The van der Waals surface area contributed by atoms with Crippen LogP contribution in [0.1, 0.15) is 12.8 Å². The third-order valence-electron chi connectivity index (χ3n) is 3.64. The first kappa shape index (κ1) is 15.9. The fourth-order valence-electron chi connectivity index (χ4n) is 2.44. The van der Waals surface area contributed by atoms with E-state index in [0.29, 0.717) is 36.7 Å². The third-order valence-corrected chi connectivity index (χ3v) is 3.98. The summed E-state index contributed by atoms with van der Waals surface area (Å²) in [4.78, 5) is 12.9. The molecule has 0 aromatic heterocycles. The number of aliphatic carboxylic acids is 1. The van der Waals surface area contributed by atoms with Crippen LogP contribution < -0.4 is 9.96 Å². The van der Waals surface area contributed by atoms with E-state index in [-0.39, 0.29) is 16.5 Å². The normalized spacial score (nSPS) is 16.1. The molecule has 0 saturated carbocycles. The van der Waals surface area contributed by atoms with Crippen molar-refractivity contribution in [2.75, 3.05) is 29.8 Å². The number of rotatable bonds is 4. The van der Waals surface area contributed by atoms with Gasteiger partial charge in [0.1, 0.15) is 12.5 Å². The van der Waals surface area contributed by atoms with Gasteiger partial charge in [-0.1, -0.05) is 0 Å². The van der Waals surface area contributed by atoms with Crippen molar-refractivity contribution in [3.05, 3.63) is 17.9 Å². The second-order valence-electron chi connectivity index (χ2n) is 4.93. The van der Waals surface area contributed by atoms with Gasteiger partial charge in [-0.15, -0.1) is 12.6 Å². The first-order valence-electron chi connectivity index (χ1n) is 6.51. The average Bonchev–Trinajstić information content (AvgIpc) is 2.48. The Morgan fingerprint density at radius 1 is 1.43 bits per heavy atom. The zero-order chi connectivity index (χ0) is 15.6. The summed E-state index contributed by atoms with van der Waals surface area (Å²) in [5, 5.41) is 28.2. The van der Waals surface area contributed by atoms with Crippen LogP contribution in [-0.4, -0.2) is 41.2 Å². The van der Waals surface area contributed by atoms with E-state index < -0.39 is 18.5 Å². The van der Waals surface area contributed by atoms with Gasteiger partial charge in [-0.05, 0) is 18.9 Å². The van der Waals surface area contributed by atoms with Crippen molar-refractivity contribution < 1.29 is 24.6 Å². The van der Waals surface area contributed by atoms with Crippen molar-refractivity contribution in [2.45, 2.75) is 17.7 Å². The van der Waals surface area contributed by atoms with Crippen LogP contribution in [0.15, 0.2) is 17.0 Å². The molecule has 0 spiro atoms. The lowest BCUT2D eigenvalue weighted by atomic mass is 9.96. The van der Waals surface area contributed by atoms with Gasteiger partial charge in [-0.3, -0.25) is 10.0 Å². The van der Waals surface area contributed by atoms with Gasteiger partial charge in [-0.25, -0.2) is 9.45 Å². The molecule has 0 atom stereocenters. The topological polar surface area (TPSA) is 84.2 Å². The number of carboxylic acid groups (broad SMARTS) is 1. The van der Waals surface area contributed by atoms with Crippen LogP contribution in [0.3, 0.4) is 0 Å². The van der Waals surface area contributed by atoms with Gasteiger partial charge < -0.3 is 15.1 Å². The number of benzene rings is 1. The quantitative estimate of drug-likeness (QED) is 0.383. The number of aliphatic hydroxyl groups is 1. The van der Waals surface area contributed by atoms with Gasteiger partial charge in [-0.2, -0.15) is 0 Å². The van der Waals surface area contributed by atoms with Crippen LogP contribution in [0.25, 0.3) is 0 Å². The zero-order valence-corrected chi connectivity index (χ0v) is 12.1. The van der Waals surface area contributed by atoms with Crippen molar-refractivity contribution in [2.24, 2.45) is 5.92 Å². The van der Waals surface area contributed by atoms with Crippen molar-refractivity contribution in [1.82, 2.24) is 0 Å². The molecule has 8 heteroatoms. The second kappa shape index (κ2) is 6.50. The molecule has 1 aromatic carbocycles. The van der Waals surface area contributed by atoms with Crippen molar-refractivity contribution in [3.8, 4) is 0 Å². The van der Waals surface area contributed by atoms with Gasteiger partial charge >= 0.3 is 5.97 Å². The highest BCUT2D eigenvalue weighted by Crippen LogP contribution is 2.35. The molecule has 1 fully saturated rings. The number of aliphatic hydroxyl groups excluding tert-OH is 1. The average molecular weight is 316 g/mol. The van der Waals surface area contributed by atoms with Crippen LogP contribution in [0.5, 0.6) is 0 Å². The van der Waals surface area contributed by atoms with E-state index in [1.54, 1.807) is 0 Å². The molecule has 1 aliphatic rings. The molecule has 21 heavy (non-hydrogen) atoms. The number of hydrogen-bond donors (Lipinski definition) is 4. The predicted molar refractivity (Wildman–Crippen MR) is 77.6 cm³/mol. The SMILES string of the molecule is O=C(O)C1CCN(c2cc(S)c(F)cc2N(O)CO)CC1. The van der Waals surface area contributed by atoms with Crippen molar-refractivity contribution in [1.29, 1.82) is 0 Å². The fraction of sp³-hybridized carbons (Fsp3) is 0.462. The molecule has 0 radical (unpaired) electrons. The summed E-state index contributed by atoms with van der Waals surface area (Å²) >= 11 is 4.02. The minimum absolute atomic E-state index is 0.125. The third kappa shape index (κ3) is 3.39. The van der Waals surface area contributed by atoms with E-state index >= 15 is 0 Å². The number of hydroxylamine groups is 1. The standard InChI is InChI=1S/C13H17FN2O4S/c14-9-5-11(16(20)7-17)10(6-12(9)21)15-3-1-8(2-4-15)13(18)19/h5-6,8,17,20-21H,1-4,7H2,(H,18,19). The molecule has 1 heterocycles. The first-order chi connectivity index (χ1) is 9.93. The number of piperidine rings is 1. The predicted octanol–water partition coefficient (Wildman–Crippen LogP) is 1.56. The molecule has 3 N–H and O–H groups in total. The molecular weight excluding hydrogens is 299 g/mol. The number of anilines is 2. The summed E-state index contributed by atoms with van der Waals surface area (Å²) in [7, 11) is 0. The fourth-order valence-corrected chi connectivity index (χ4v) is 2.63. The van der Waals surface area contributed by atoms with Gasteiger partial charge in [0.25, 0.3) is 0 Å². The molecule has 6 nitrogen and oxygen atoms in total. The summed E-state index contributed by atoms with van der Waals surface area (Å²) in [6.45, 7) is 0.272. The second-order valence-corrected chi connectivity index (χ2v) is 5.41. The van der Waals surface area contributed by atoms with E-state index in [2.05, 4.69) is 12.6 Å². The summed E-state index contributed by atoms with van der Waals surface area (Å²) < 4.78 is 13.6. The van der Waals surface area contributed by atoms with Crippen molar-refractivity contribution >= 4 is 30.0 Å². The maximum absolute atomic E-state index is 13.6. The molecular formula is C13H17FN2O4S. The molecule has 1 aliphatic heterocycles. The van der Waals surface area contributed by atoms with Crippen LogP contribution in [0.4, 0.5) is 15.8 Å². The highest BCUT2D eigenvalue weighted by molar-refractivity contribution is 7.80. The Labute approximate surface area is 126 Å². The lowest BCUT2D eigenvalue weighted by Crippen LogP contribution is -2.37. The zero-order valence-electron chi connectivity index (χ0n) is 11.2. The van der Waals surface area contributed by atoms with Crippen molar-refractivity contribution in [3.63, 3.8) is 0 Å². The Hall–Kier alpha value is -1.51. The van der Waals surface area contributed by atoms with Crippen LogP contribution >= 0.6 is 12.6 Å². The number of carbonyl (C=O) groups is 1. The minimum atomic E-state index is -0.817. The van der Waals surface area contributed by atoms with Gasteiger partial charge in [0.05, 0.1) is 17.3 Å². The maximum Gasteiger partial charge on any atom is 0.306 e. The first-order valence-corrected chi connectivity index (χ1v) is 6.96. The molecule has 0 bridgehead atoms. The Kier molecular flexibility index (Phi) is 4.92. The lowest BCUT2D eigenvalue weighted by Gasteiger charge is -2.34. The Morgan fingerprint density at radius 2 is 2.05 bits per heavy atom. The molecule has 2 rings (SSSR count). The van der Waals surface area contributed by atoms with E-state index in [1.165, 1.54) is 6.07 Å². The van der Waals surface area contributed by atoms with Crippen LogP contribution in [0, 0.1) is 11.7 Å². The monoisotopic (exact) mass is 316 g/mol. The number of nitrogens with zero attached hydrogens (tertiary/aromatic N) is 2. The number of halogens is 1. The molecule has 1 aromatic rings. The van der Waals surface area contributed by atoms with Gasteiger partial charge in [0, 0.05) is 24.1 Å². The van der Waals surface area contributed by atoms with E-state index in [9.17, 15) is 14.4 Å². The molecule has 0 amide bonds. The molecule has 0 aliphatic carbocycles. The lowest BCUT2D eigenvalue weighted by molar-refractivity contribution is -0.142. The maximum atomic E-state index is 13.6. The summed E-state index contributed by atoms with van der Waals surface area (Å²) in [5.74, 6) is -1.81. The van der Waals surface area contributed by atoms with Gasteiger partial charge in [0.2, 0.25) is 0 Å². The van der Waals surface area contributed by atoms with Gasteiger partial charge in [0.15, 0.2) is 0 Å². The van der Waals surface area contributed by atoms with Crippen LogP contribution in [0.2, 0.25) is 0 Å². The molecule has 116 valence electrons. The number of thiol groups is 1. The largest absolute Gasteiger partial charge is 0.481 e. The number of carboxylic acids is 1. The summed E-state index contributed by atoms with van der Waals surface area (Å²) in [6, 6.07) is 2.56. The minimum Gasteiger partial charge on any atom is -0.481 e. The Balaban J connectivity index is 2.27. The highest BCUT2D eigenvalue weighted by Gasteiger charge is 2.27. The Morgan fingerprint density at radius 3 is 2.57 bits per heavy atom.